The van der Waals surface area contributed by atoms with Crippen LogP contribution in [0.25, 0.3) is 0 Å². The maximum absolute atomic E-state index is 13.3. The van der Waals surface area contributed by atoms with Gasteiger partial charge in [-0.25, -0.2) is 4.39 Å². The van der Waals surface area contributed by atoms with E-state index < -0.39 is 0 Å². The zero-order valence-electron chi connectivity index (χ0n) is 12.6. The van der Waals surface area contributed by atoms with Crippen molar-refractivity contribution in [3.05, 3.63) is 29.6 Å². The Morgan fingerprint density at radius 1 is 1.45 bits per heavy atom. The van der Waals surface area contributed by atoms with Crippen molar-refractivity contribution in [3.8, 4) is 5.75 Å². The van der Waals surface area contributed by atoms with Crippen LogP contribution in [-0.4, -0.2) is 38.1 Å². The largest absolute Gasteiger partial charge is 0.493 e. The molecule has 0 saturated carbocycles. The number of carbonyl (C=O) groups excluding carboxylic acids is 1. The van der Waals surface area contributed by atoms with Crippen LogP contribution in [0.1, 0.15) is 31.9 Å². The van der Waals surface area contributed by atoms with E-state index in [0.29, 0.717) is 5.75 Å². The Kier molecular flexibility index (Phi) is 6.45. The summed E-state index contributed by atoms with van der Waals surface area (Å²) in [6, 6.07) is 4.57. The van der Waals surface area contributed by atoms with Gasteiger partial charge >= 0.3 is 0 Å². The third-order valence-electron chi connectivity index (χ3n) is 3.02. The number of benzene rings is 1. The van der Waals surface area contributed by atoms with E-state index in [0.717, 1.165) is 12.1 Å². The minimum Gasteiger partial charge on any atom is -0.493 e. The van der Waals surface area contributed by atoms with Crippen molar-refractivity contribution in [2.45, 2.75) is 26.3 Å². The molecule has 0 aliphatic heterocycles. The van der Waals surface area contributed by atoms with Gasteiger partial charge in [-0.2, -0.15) is 0 Å². The van der Waals surface area contributed by atoms with E-state index in [4.69, 9.17) is 4.74 Å². The van der Waals surface area contributed by atoms with E-state index in [2.05, 4.69) is 5.32 Å². The molecular formula is C15H23FN2O2. The second-order valence-corrected chi connectivity index (χ2v) is 4.85. The molecule has 1 rings (SSSR count). The first-order chi connectivity index (χ1) is 9.45. The first-order valence-electron chi connectivity index (χ1n) is 6.81. The summed E-state index contributed by atoms with van der Waals surface area (Å²) in [7, 11) is 3.40. The average Bonchev–Trinajstić information content (AvgIpc) is 2.38. The molecule has 5 heteroatoms. The van der Waals surface area contributed by atoms with E-state index in [1.165, 1.54) is 17.0 Å². The van der Waals surface area contributed by atoms with Gasteiger partial charge in [0.05, 0.1) is 13.0 Å². The van der Waals surface area contributed by atoms with Crippen LogP contribution in [0, 0.1) is 5.82 Å². The molecule has 1 amide bonds. The van der Waals surface area contributed by atoms with E-state index in [1.807, 2.05) is 13.8 Å². The fourth-order valence-electron chi connectivity index (χ4n) is 1.88. The summed E-state index contributed by atoms with van der Waals surface area (Å²) in [5.41, 5.74) is 0.894. The van der Waals surface area contributed by atoms with Crippen LogP contribution < -0.4 is 10.1 Å². The van der Waals surface area contributed by atoms with Gasteiger partial charge in [-0.3, -0.25) is 4.79 Å². The molecule has 0 bridgehead atoms. The SMILES string of the molecule is CCNC(C)c1ccc(F)cc1OCCC(=O)N(C)C. The number of hydrogen-bond acceptors (Lipinski definition) is 3. The molecule has 112 valence electrons. The smallest absolute Gasteiger partial charge is 0.225 e. The normalized spacial score (nSPS) is 12.1. The lowest BCUT2D eigenvalue weighted by atomic mass is 10.1. The molecule has 0 saturated heterocycles. The predicted molar refractivity (Wildman–Crippen MR) is 77.3 cm³/mol. The number of nitrogens with one attached hydrogen (secondary N) is 1. The molecule has 0 radical (unpaired) electrons. The molecule has 4 nitrogen and oxygen atoms in total. The second kappa shape index (κ2) is 7.85. The number of amides is 1. The van der Waals surface area contributed by atoms with Gasteiger partial charge in [-0.15, -0.1) is 0 Å². The molecule has 1 unspecified atom stereocenters. The number of halogens is 1. The van der Waals surface area contributed by atoms with Crippen molar-refractivity contribution in [3.63, 3.8) is 0 Å². The maximum Gasteiger partial charge on any atom is 0.225 e. The van der Waals surface area contributed by atoms with Crippen LogP contribution >= 0.6 is 0 Å². The molecular weight excluding hydrogens is 259 g/mol. The summed E-state index contributed by atoms with van der Waals surface area (Å²) < 4.78 is 18.9. The number of rotatable bonds is 7. The summed E-state index contributed by atoms with van der Waals surface area (Å²) in [6.45, 7) is 5.06. The highest BCUT2D eigenvalue weighted by molar-refractivity contribution is 5.75. The van der Waals surface area contributed by atoms with Crippen LogP contribution in [0.5, 0.6) is 5.75 Å². The monoisotopic (exact) mass is 282 g/mol. The zero-order valence-corrected chi connectivity index (χ0v) is 12.6. The van der Waals surface area contributed by atoms with E-state index in [-0.39, 0.29) is 30.8 Å². The first kappa shape index (κ1) is 16.4. The first-order valence-corrected chi connectivity index (χ1v) is 6.81. The molecule has 0 aliphatic rings. The van der Waals surface area contributed by atoms with Crippen molar-refractivity contribution < 1.29 is 13.9 Å². The number of nitrogens with zero attached hydrogens (tertiary/aromatic N) is 1. The van der Waals surface area contributed by atoms with Gasteiger partial charge in [-0.05, 0) is 19.5 Å². The molecule has 1 N–H and O–H groups in total. The molecule has 0 aliphatic carbocycles. The predicted octanol–water partition coefficient (Wildman–Crippen LogP) is 2.35. The van der Waals surface area contributed by atoms with Gasteiger partial charge in [0.25, 0.3) is 0 Å². The lowest BCUT2D eigenvalue weighted by molar-refractivity contribution is -0.129. The average molecular weight is 282 g/mol. The molecule has 0 fully saturated rings. The summed E-state index contributed by atoms with van der Waals surface area (Å²) in [4.78, 5) is 13.0. The number of hydrogen-bond donors (Lipinski definition) is 1. The lowest BCUT2D eigenvalue weighted by Gasteiger charge is -2.18. The van der Waals surface area contributed by atoms with Crippen LogP contribution in [0.3, 0.4) is 0 Å². The molecule has 1 atom stereocenters. The fraction of sp³-hybridized carbons (Fsp3) is 0.533. The van der Waals surface area contributed by atoms with Crippen molar-refractivity contribution >= 4 is 5.91 Å². The van der Waals surface area contributed by atoms with Gasteiger partial charge in [0, 0.05) is 31.8 Å². The quantitative estimate of drug-likeness (QED) is 0.834. The Balaban J connectivity index is 2.72. The van der Waals surface area contributed by atoms with Crippen molar-refractivity contribution in [1.82, 2.24) is 10.2 Å². The summed E-state index contributed by atoms with van der Waals surface area (Å²) in [5.74, 6) is 0.138. The van der Waals surface area contributed by atoms with Gasteiger partial charge < -0.3 is 15.0 Å². The fourth-order valence-corrected chi connectivity index (χ4v) is 1.88. The van der Waals surface area contributed by atoms with Crippen LogP contribution in [0.4, 0.5) is 4.39 Å². The van der Waals surface area contributed by atoms with Crippen molar-refractivity contribution in [2.75, 3.05) is 27.2 Å². The Morgan fingerprint density at radius 2 is 2.15 bits per heavy atom. The molecule has 0 aromatic heterocycles. The highest BCUT2D eigenvalue weighted by Gasteiger charge is 2.13. The Hall–Kier alpha value is -1.62. The topological polar surface area (TPSA) is 41.6 Å². The third kappa shape index (κ3) is 4.81. The molecule has 20 heavy (non-hydrogen) atoms. The Bertz CT molecular complexity index is 449. The maximum atomic E-state index is 13.3. The summed E-state index contributed by atoms with van der Waals surface area (Å²) >= 11 is 0. The van der Waals surface area contributed by atoms with Crippen molar-refractivity contribution in [2.24, 2.45) is 0 Å². The lowest BCUT2D eigenvalue weighted by Crippen LogP contribution is -2.24. The van der Waals surface area contributed by atoms with Crippen LogP contribution in [0.15, 0.2) is 18.2 Å². The minimum absolute atomic E-state index is 0.0114. The van der Waals surface area contributed by atoms with Crippen LogP contribution in [-0.2, 0) is 4.79 Å². The van der Waals surface area contributed by atoms with E-state index in [9.17, 15) is 9.18 Å². The van der Waals surface area contributed by atoms with Crippen LogP contribution in [0.2, 0.25) is 0 Å². The van der Waals surface area contributed by atoms with Gasteiger partial charge in [0.2, 0.25) is 5.91 Å². The van der Waals surface area contributed by atoms with Gasteiger partial charge in [0.1, 0.15) is 11.6 Å². The third-order valence-corrected chi connectivity index (χ3v) is 3.02. The summed E-state index contributed by atoms with van der Waals surface area (Å²) in [5, 5.41) is 3.26. The zero-order chi connectivity index (χ0) is 15.1. The standard InChI is InChI=1S/C15H23FN2O2/c1-5-17-11(2)13-7-6-12(16)10-14(13)20-9-8-15(19)18(3)4/h6-7,10-11,17H,5,8-9H2,1-4H3. The molecule has 1 aromatic rings. The Labute approximate surface area is 119 Å². The minimum atomic E-state index is -0.341. The van der Waals surface area contributed by atoms with Gasteiger partial charge in [-0.1, -0.05) is 13.0 Å². The molecule has 0 spiro atoms. The molecule has 0 heterocycles. The number of carbonyl (C=O) groups is 1. The highest BCUT2D eigenvalue weighted by atomic mass is 19.1. The second-order valence-electron chi connectivity index (χ2n) is 4.85. The Morgan fingerprint density at radius 3 is 2.75 bits per heavy atom. The van der Waals surface area contributed by atoms with E-state index in [1.54, 1.807) is 20.2 Å². The summed E-state index contributed by atoms with van der Waals surface area (Å²) in [6.07, 6.45) is 0.276. The molecule has 1 aromatic carbocycles. The van der Waals surface area contributed by atoms with Crippen molar-refractivity contribution in [1.29, 1.82) is 0 Å². The van der Waals surface area contributed by atoms with E-state index >= 15 is 0 Å². The highest BCUT2D eigenvalue weighted by Crippen LogP contribution is 2.26. The number of ether oxygens (including phenoxy) is 1. The van der Waals surface area contributed by atoms with Gasteiger partial charge in [0.15, 0.2) is 0 Å².